The molecule has 1 aliphatic heterocycles. The number of rotatable bonds is 5. The molecule has 0 spiro atoms. The number of aromatic nitrogens is 2. The van der Waals surface area contributed by atoms with Crippen molar-refractivity contribution < 1.29 is 9.90 Å². The number of likely N-dealkylation sites (tertiary alicyclic amines) is 1. The average molecular weight is 328 g/mol. The van der Waals surface area contributed by atoms with Crippen LogP contribution in [0.15, 0.2) is 24.4 Å². The first-order chi connectivity index (χ1) is 11.5. The van der Waals surface area contributed by atoms with E-state index in [-0.39, 0.29) is 11.7 Å². The predicted molar refractivity (Wildman–Crippen MR) is 91.9 cm³/mol. The number of aromatic hydroxyl groups is 1. The quantitative estimate of drug-likeness (QED) is 0.784. The lowest BCUT2D eigenvalue weighted by molar-refractivity contribution is 0.0947. The SMILES string of the molecule is Cc1ncc(CN2CCC(CNC(=O)c3ccc(O)c(C)c3)C2)[nH]1. The lowest BCUT2D eigenvalue weighted by Gasteiger charge is -2.15. The van der Waals surface area contributed by atoms with E-state index in [1.807, 2.05) is 13.1 Å². The van der Waals surface area contributed by atoms with Gasteiger partial charge in [0.25, 0.3) is 5.91 Å². The number of phenols is 1. The third-order valence-corrected chi connectivity index (χ3v) is 4.53. The Bertz CT molecular complexity index is 726. The predicted octanol–water partition coefficient (Wildman–Crippen LogP) is 1.98. The maximum absolute atomic E-state index is 12.2. The van der Waals surface area contributed by atoms with Crippen LogP contribution < -0.4 is 5.32 Å². The first-order valence-corrected chi connectivity index (χ1v) is 8.32. The summed E-state index contributed by atoms with van der Waals surface area (Å²) in [5.41, 5.74) is 2.44. The molecule has 1 aliphatic rings. The van der Waals surface area contributed by atoms with Crippen molar-refractivity contribution in [2.24, 2.45) is 5.92 Å². The number of imidazole rings is 1. The molecule has 3 N–H and O–H groups in total. The Hall–Kier alpha value is -2.34. The summed E-state index contributed by atoms with van der Waals surface area (Å²) in [6, 6.07) is 4.93. The molecular formula is C18H24N4O2. The van der Waals surface area contributed by atoms with E-state index in [4.69, 9.17) is 0 Å². The molecule has 128 valence electrons. The minimum atomic E-state index is -0.0826. The van der Waals surface area contributed by atoms with E-state index in [0.29, 0.717) is 23.6 Å². The van der Waals surface area contributed by atoms with Crippen LogP contribution >= 0.6 is 0 Å². The number of aromatic amines is 1. The van der Waals surface area contributed by atoms with Gasteiger partial charge in [-0.3, -0.25) is 9.69 Å². The van der Waals surface area contributed by atoms with E-state index >= 15 is 0 Å². The highest BCUT2D eigenvalue weighted by Gasteiger charge is 2.23. The topological polar surface area (TPSA) is 81.2 Å². The Morgan fingerprint density at radius 3 is 3.00 bits per heavy atom. The fourth-order valence-corrected chi connectivity index (χ4v) is 3.15. The van der Waals surface area contributed by atoms with Crippen LogP contribution in [0.25, 0.3) is 0 Å². The molecule has 1 fully saturated rings. The van der Waals surface area contributed by atoms with Crippen molar-refractivity contribution >= 4 is 5.91 Å². The minimum Gasteiger partial charge on any atom is -0.508 e. The van der Waals surface area contributed by atoms with Gasteiger partial charge in [-0.05, 0) is 56.5 Å². The van der Waals surface area contributed by atoms with Gasteiger partial charge in [-0.1, -0.05) is 0 Å². The smallest absolute Gasteiger partial charge is 0.251 e. The standard InChI is InChI=1S/C18H24N4O2/c1-12-7-15(3-4-17(12)23)18(24)20-8-14-5-6-22(10-14)11-16-9-19-13(2)21-16/h3-4,7,9,14,23H,5-6,8,10-11H2,1-2H3,(H,19,21)(H,20,24). The van der Waals surface area contributed by atoms with Gasteiger partial charge in [-0.15, -0.1) is 0 Å². The molecule has 0 radical (unpaired) electrons. The molecule has 0 bridgehead atoms. The van der Waals surface area contributed by atoms with Gasteiger partial charge in [0.1, 0.15) is 11.6 Å². The molecule has 2 heterocycles. The van der Waals surface area contributed by atoms with Crippen LogP contribution in [-0.2, 0) is 6.54 Å². The normalized spacial score (nSPS) is 18.0. The largest absolute Gasteiger partial charge is 0.508 e. The number of hydrogen-bond donors (Lipinski definition) is 3. The van der Waals surface area contributed by atoms with E-state index in [9.17, 15) is 9.90 Å². The molecule has 3 rings (SSSR count). The van der Waals surface area contributed by atoms with Gasteiger partial charge in [0.2, 0.25) is 0 Å². The first kappa shape index (κ1) is 16.5. The number of amides is 1. The molecule has 6 heteroatoms. The Morgan fingerprint density at radius 2 is 2.29 bits per heavy atom. The van der Waals surface area contributed by atoms with Crippen molar-refractivity contribution in [2.45, 2.75) is 26.8 Å². The monoisotopic (exact) mass is 328 g/mol. The Labute approximate surface area is 141 Å². The molecule has 6 nitrogen and oxygen atoms in total. The summed E-state index contributed by atoms with van der Waals surface area (Å²) in [5, 5.41) is 12.5. The van der Waals surface area contributed by atoms with E-state index in [0.717, 1.165) is 37.6 Å². The number of hydrogen-bond acceptors (Lipinski definition) is 4. The summed E-state index contributed by atoms with van der Waals surface area (Å²) in [5.74, 6) is 1.54. The Morgan fingerprint density at radius 1 is 1.46 bits per heavy atom. The fraction of sp³-hybridized carbons (Fsp3) is 0.444. The maximum Gasteiger partial charge on any atom is 0.251 e. The van der Waals surface area contributed by atoms with Crippen molar-refractivity contribution in [1.82, 2.24) is 20.2 Å². The molecule has 0 aliphatic carbocycles. The lowest BCUT2D eigenvalue weighted by Crippen LogP contribution is -2.31. The molecule has 1 aromatic carbocycles. The third-order valence-electron chi connectivity index (χ3n) is 4.53. The summed E-state index contributed by atoms with van der Waals surface area (Å²) < 4.78 is 0. The third kappa shape index (κ3) is 3.94. The average Bonchev–Trinajstić information content (AvgIpc) is 3.17. The van der Waals surface area contributed by atoms with Gasteiger partial charge in [0, 0.05) is 37.1 Å². The molecule has 2 aromatic rings. The highest BCUT2D eigenvalue weighted by atomic mass is 16.3. The second-order valence-corrected chi connectivity index (χ2v) is 6.59. The van der Waals surface area contributed by atoms with Crippen molar-refractivity contribution in [3.63, 3.8) is 0 Å². The summed E-state index contributed by atoms with van der Waals surface area (Å²) >= 11 is 0. The molecule has 0 saturated carbocycles. The minimum absolute atomic E-state index is 0.0826. The van der Waals surface area contributed by atoms with Crippen LogP contribution in [0.2, 0.25) is 0 Å². The molecule has 1 atom stereocenters. The number of benzene rings is 1. The van der Waals surface area contributed by atoms with E-state index in [2.05, 4.69) is 20.2 Å². The number of carbonyl (C=O) groups is 1. The van der Waals surface area contributed by atoms with E-state index in [1.54, 1.807) is 25.1 Å². The zero-order chi connectivity index (χ0) is 17.1. The van der Waals surface area contributed by atoms with Crippen molar-refractivity contribution in [2.75, 3.05) is 19.6 Å². The molecule has 1 aromatic heterocycles. The zero-order valence-electron chi connectivity index (χ0n) is 14.2. The van der Waals surface area contributed by atoms with Crippen LogP contribution in [0.4, 0.5) is 0 Å². The summed E-state index contributed by atoms with van der Waals surface area (Å²) in [6.45, 7) is 7.32. The molecular weight excluding hydrogens is 304 g/mol. The van der Waals surface area contributed by atoms with Gasteiger partial charge in [-0.25, -0.2) is 4.98 Å². The Kier molecular flexibility index (Phi) is 4.85. The van der Waals surface area contributed by atoms with Gasteiger partial charge in [0.05, 0.1) is 0 Å². The van der Waals surface area contributed by atoms with Crippen LogP contribution in [0.1, 0.15) is 33.9 Å². The highest BCUT2D eigenvalue weighted by molar-refractivity contribution is 5.94. The van der Waals surface area contributed by atoms with E-state index in [1.165, 1.54) is 0 Å². The molecule has 1 amide bonds. The molecule has 1 unspecified atom stereocenters. The number of phenolic OH excluding ortho intramolecular Hbond substituents is 1. The van der Waals surface area contributed by atoms with Crippen LogP contribution in [0.3, 0.4) is 0 Å². The fourth-order valence-electron chi connectivity index (χ4n) is 3.15. The maximum atomic E-state index is 12.2. The van der Waals surface area contributed by atoms with Crippen molar-refractivity contribution in [3.05, 3.63) is 47.0 Å². The van der Waals surface area contributed by atoms with Crippen LogP contribution in [0, 0.1) is 19.8 Å². The van der Waals surface area contributed by atoms with Crippen LogP contribution in [0.5, 0.6) is 5.75 Å². The summed E-state index contributed by atoms with van der Waals surface area (Å²) in [6.07, 6.45) is 2.97. The number of aryl methyl sites for hydroxylation is 2. The molecule has 24 heavy (non-hydrogen) atoms. The molecule has 1 saturated heterocycles. The van der Waals surface area contributed by atoms with Gasteiger partial charge >= 0.3 is 0 Å². The van der Waals surface area contributed by atoms with Gasteiger partial charge < -0.3 is 15.4 Å². The highest BCUT2D eigenvalue weighted by Crippen LogP contribution is 2.19. The van der Waals surface area contributed by atoms with E-state index < -0.39 is 0 Å². The second kappa shape index (κ2) is 7.05. The summed E-state index contributed by atoms with van der Waals surface area (Å²) in [7, 11) is 0. The van der Waals surface area contributed by atoms with Gasteiger partial charge in [0.15, 0.2) is 0 Å². The Balaban J connectivity index is 1.47. The number of nitrogens with one attached hydrogen (secondary N) is 2. The van der Waals surface area contributed by atoms with Crippen molar-refractivity contribution in [3.8, 4) is 5.75 Å². The second-order valence-electron chi connectivity index (χ2n) is 6.59. The van der Waals surface area contributed by atoms with Crippen molar-refractivity contribution in [1.29, 1.82) is 0 Å². The zero-order valence-corrected chi connectivity index (χ0v) is 14.2. The lowest BCUT2D eigenvalue weighted by atomic mass is 10.1. The number of nitrogens with zero attached hydrogens (tertiary/aromatic N) is 2. The number of H-pyrrole nitrogens is 1. The summed E-state index contributed by atoms with van der Waals surface area (Å²) in [4.78, 5) is 22.1. The van der Waals surface area contributed by atoms with Crippen LogP contribution in [-0.4, -0.2) is 45.5 Å². The van der Waals surface area contributed by atoms with Gasteiger partial charge in [-0.2, -0.15) is 0 Å². The first-order valence-electron chi connectivity index (χ1n) is 8.32. The number of carbonyl (C=O) groups excluding carboxylic acids is 1.